The Hall–Kier alpha value is -1.49. The Morgan fingerprint density at radius 3 is 2.57 bits per heavy atom. The van der Waals surface area contributed by atoms with Crippen molar-refractivity contribution in [3.05, 3.63) is 29.8 Å². The molecule has 116 valence electrons. The first-order chi connectivity index (χ1) is 10.1. The zero-order valence-electron chi connectivity index (χ0n) is 13.0. The summed E-state index contributed by atoms with van der Waals surface area (Å²) in [6, 6.07) is 7.42. The topological polar surface area (TPSA) is 49.4 Å². The zero-order chi connectivity index (χ0) is 15.7. The van der Waals surface area contributed by atoms with Crippen molar-refractivity contribution in [3.8, 4) is 0 Å². The van der Waals surface area contributed by atoms with Gasteiger partial charge in [-0.2, -0.15) is 0 Å². The van der Waals surface area contributed by atoms with Crippen molar-refractivity contribution in [2.75, 3.05) is 26.4 Å². The Kier molecular flexibility index (Phi) is 7.90. The van der Waals surface area contributed by atoms with Crippen LogP contribution in [0.5, 0.6) is 0 Å². The maximum atomic E-state index is 12.2. The molecule has 0 aliphatic rings. The van der Waals surface area contributed by atoms with Crippen molar-refractivity contribution in [2.45, 2.75) is 31.1 Å². The standard InChI is InChI=1S/C16H24N2O2S/c1-4-5-8-11-17-16(20)13-9-6-7-10-14(13)21-12-15(19)18(2)3/h6-7,9-10H,4-5,8,11-12H2,1-3H3,(H,17,20). The number of benzene rings is 1. The number of unbranched alkanes of at least 4 members (excludes halogenated alkanes) is 2. The molecule has 1 N–H and O–H groups in total. The van der Waals surface area contributed by atoms with Gasteiger partial charge < -0.3 is 10.2 Å². The predicted octanol–water partition coefficient (Wildman–Crippen LogP) is 2.79. The molecule has 0 aliphatic carbocycles. The van der Waals surface area contributed by atoms with E-state index in [1.807, 2.05) is 18.2 Å². The van der Waals surface area contributed by atoms with E-state index < -0.39 is 0 Å². The van der Waals surface area contributed by atoms with E-state index in [9.17, 15) is 9.59 Å². The van der Waals surface area contributed by atoms with Gasteiger partial charge in [-0.05, 0) is 18.6 Å². The normalized spacial score (nSPS) is 10.2. The molecule has 5 heteroatoms. The van der Waals surface area contributed by atoms with E-state index in [1.165, 1.54) is 11.8 Å². The molecule has 0 radical (unpaired) electrons. The highest BCUT2D eigenvalue weighted by Gasteiger charge is 2.12. The van der Waals surface area contributed by atoms with Gasteiger partial charge in [0, 0.05) is 25.5 Å². The Morgan fingerprint density at radius 1 is 1.19 bits per heavy atom. The minimum Gasteiger partial charge on any atom is -0.352 e. The predicted molar refractivity (Wildman–Crippen MR) is 87.7 cm³/mol. The second-order valence-corrected chi connectivity index (χ2v) is 6.05. The number of nitrogens with zero attached hydrogens (tertiary/aromatic N) is 1. The third kappa shape index (κ3) is 6.21. The van der Waals surface area contributed by atoms with Crippen molar-refractivity contribution >= 4 is 23.6 Å². The van der Waals surface area contributed by atoms with Gasteiger partial charge in [0.05, 0.1) is 11.3 Å². The molecule has 1 rings (SSSR count). The number of rotatable bonds is 8. The van der Waals surface area contributed by atoms with Crippen LogP contribution in [0.3, 0.4) is 0 Å². The number of carbonyl (C=O) groups is 2. The van der Waals surface area contributed by atoms with Crippen molar-refractivity contribution < 1.29 is 9.59 Å². The minimum absolute atomic E-state index is 0.0400. The van der Waals surface area contributed by atoms with E-state index in [4.69, 9.17) is 0 Å². The molecule has 0 fully saturated rings. The third-order valence-corrected chi connectivity index (χ3v) is 4.11. The van der Waals surface area contributed by atoms with Crippen LogP contribution in [0.15, 0.2) is 29.2 Å². The van der Waals surface area contributed by atoms with Crippen LogP contribution in [0.4, 0.5) is 0 Å². The molecule has 21 heavy (non-hydrogen) atoms. The highest BCUT2D eigenvalue weighted by molar-refractivity contribution is 8.00. The van der Waals surface area contributed by atoms with Crippen LogP contribution in [0.25, 0.3) is 0 Å². The van der Waals surface area contributed by atoms with Gasteiger partial charge in [0.25, 0.3) is 5.91 Å². The second-order valence-electron chi connectivity index (χ2n) is 5.04. The first-order valence-corrected chi connectivity index (χ1v) is 8.25. The summed E-state index contributed by atoms with van der Waals surface area (Å²) in [6.07, 6.45) is 3.25. The molecule has 1 aromatic rings. The summed E-state index contributed by atoms with van der Waals surface area (Å²) >= 11 is 1.40. The van der Waals surface area contributed by atoms with E-state index in [1.54, 1.807) is 25.1 Å². The van der Waals surface area contributed by atoms with Crippen LogP contribution in [-0.4, -0.2) is 43.1 Å². The van der Waals surface area contributed by atoms with Crippen molar-refractivity contribution in [2.24, 2.45) is 0 Å². The van der Waals surface area contributed by atoms with Gasteiger partial charge in [0.15, 0.2) is 0 Å². The van der Waals surface area contributed by atoms with Crippen LogP contribution in [-0.2, 0) is 4.79 Å². The smallest absolute Gasteiger partial charge is 0.252 e. The lowest BCUT2D eigenvalue weighted by Gasteiger charge is -2.12. The quantitative estimate of drug-likeness (QED) is 0.593. The highest BCUT2D eigenvalue weighted by atomic mass is 32.2. The molecule has 4 nitrogen and oxygen atoms in total. The molecule has 0 unspecified atom stereocenters. The van der Waals surface area contributed by atoms with Crippen LogP contribution < -0.4 is 5.32 Å². The summed E-state index contributed by atoms with van der Waals surface area (Å²) in [7, 11) is 3.46. The van der Waals surface area contributed by atoms with Crippen LogP contribution in [0, 0.1) is 0 Å². The van der Waals surface area contributed by atoms with E-state index in [-0.39, 0.29) is 11.8 Å². The molecule has 0 saturated heterocycles. The van der Waals surface area contributed by atoms with Gasteiger partial charge >= 0.3 is 0 Å². The maximum Gasteiger partial charge on any atom is 0.252 e. The highest BCUT2D eigenvalue weighted by Crippen LogP contribution is 2.22. The molecule has 0 bridgehead atoms. The number of nitrogens with one attached hydrogen (secondary N) is 1. The van der Waals surface area contributed by atoms with Crippen LogP contribution in [0.2, 0.25) is 0 Å². The molecule has 0 aromatic heterocycles. The lowest BCUT2D eigenvalue weighted by molar-refractivity contribution is -0.125. The number of hydrogen-bond acceptors (Lipinski definition) is 3. The number of thioether (sulfide) groups is 1. The molecule has 1 aromatic carbocycles. The number of carbonyl (C=O) groups excluding carboxylic acids is 2. The fourth-order valence-electron chi connectivity index (χ4n) is 1.72. The Labute approximate surface area is 131 Å². The Bertz CT molecular complexity index is 475. The summed E-state index contributed by atoms with van der Waals surface area (Å²) < 4.78 is 0. The second kappa shape index (κ2) is 9.45. The molecule has 0 atom stereocenters. The Morgan fingerprint density at radius 2 is 1.90 bits per heavy atom. The summed E-state index contributed by atoms with van der Waals surface area (Å²) in [5.74, 6) is 0.317. The van der Waals surface area contributed by atoms with E-state index in [0.29, 0.717) is 17.9 Å². The molecule has 0 aliphatic heterocycles. The van der Waals surface area contributed by atoms with E-state index in [2.05, 4.69) is 12.2 Å². The lowest BCUT2D eigenvalue weighted by Crippen LogP contribution is -2.25. The monoisotopic (exact) mass is 308 g/mol. The average molecular weight is 308 g/mol. The van der Waals surface area contributed by atoms with Crippen LogP contribution >= 0.6 is 11.8 Å². The maximum absolute atomic E-state index is 12.2. The Balaban J connectivity index is 2.61. The third-order valence-electron chi connectivity index (χ3n) is 3.05. The fraction of sp³-hybridized carbons (Fsp3) is 0.500. The molecular formula is C16H24N2O2S. The lowest BCUT2D eigenvalue weighted by atomic mass is 10.2. The van der Waals surface area contributed by atoms with Crippen molar-refractivity contribution in [1.82, 2.24) is 10.2 Å². The zero-order valence-corrected chi connectivity index (χ0v) is 13.8. The largest absolute Gasteiger partial charge is 0.352 e. The van der Waals surface area contributed by atoms with Gasteiger partial charge in [0.1, 0.15) is 0 Å². The molecule has 0 saturated carbocycles. The SMILES string of the molecule is CCCCCNC(=O)c1ccccc1SCC(=O)N(C)C. The van der Waals surface area contributed by atoms with Gasteiger partial charge in [-0.25, -0.2) is 0 Å². The first-order valence-electron chi connectivity index (χ1n) is 7.26. The summed E-state index contributed by atoms with van der Waals surface area (Å²) in [4.78, 5) is 26.2. The van der Waals surface area contributed by atoms with E-state index in [0.717, 1.165) is 24.2 Å². The minimum atomic E-state index is -0.0634. The summed E-state index contributed by atoms with van der Waals surface area (Å²) in [6.45, 7) is 2.83. The summed E-state index contributed by atoms with van der Waals surface area (Å²) in [5.41, 5.74) is 0.644. The van der Waals surface area contributed by atoms with Gasteiger partial charge in [-0.15, -0.1) is 11.8 Å². The average Bonchev–Trinajstić information content (AvgIpc) is 2.49. The van der Waals surface area contributed by atoms with Crippen molar-refractivity contribution in [3.63, 3.8) is 0 Å². The number of amides is 2. The van der Waals surface area contributed by atoms with Crippen molar-refractivity contribution in [1.29, 1.82) is 0 Å². The van der Waals surface area contributed by atoms with Crippen LogP contribution in [0.1, 0.15) is 36.5 Å². The van der Waals surface area contributed by atoms with Gasteiger partial charge in [0.2, 0.25) is 5.91 Å². The molecule has 0 spiro atoms. The van der Waals surface area contributed by atoms with Gasteiger partial charge in [-0.1, -0.05) is 31.9 Å². The van der Waals surface area contributed by atoms with E-state index >= 15 is 0 Å². The molecule has 0 heterocycles. The number of hydrogen-bond donors (Lipinski definition) is 1. The fourth-order valence-corrected chi connectivity index (χ4v) is 2.75. The summed E-state index contributed by atoms with van der Waals surface area (Å²) in [5, 5.41) is 2.94. The molecule has 2 amide bonds. The van der Waals surface area contributed by atoms with Gasteiger partial charge in [-0.3, -0.25) is 9.59 Å². The molecular weight excluding hydrogens is 284 g/mol. The first kappa shape index (κ1) is 17.6.